The molecule has 1 radical (unpaired) electrons. The Hall–Kier alpha value is -0.603. The molecule has 1 fully saturated rings. The molecule has 0 aromatic heterocycles. The van der Waals surface area contributed by atoms with E-state index in [-0.39, 0.29) is 0 Å². The minimum absolute atomic E-state index is 0.678. The van der Waals surface area contributed by atoms with Crippen molar-refractivity contribution in [1.82, 2.24) is 0 Å². The molecular formula is C12H17OSi. The van der Waals surface area contributed by atoms with Gasteiger partial charge in [-0.3, -0.25) is 0 Å². The van der Waals surface area contributed by atoms with Crippen LogP contribution in [0.25, 0.3) is 0 Å². The molecule has 0 unspecified atom stereocenters. The lowest BCUT2D eigenvalue weighted by Crippen LogP contribution is -2.38. The molecule has 0 atom stereocenters. The first-order valence-corrected chi connectivity index (χ1v) is 6.96. The van der Waals surface area contributed by atoms with E-state index < -0.39 is 9.04 Å². The lowest BCUT2D eigenvalue weighted by atomic mass is 10.1. The third-order valence-corrected chi connectivity index (χ3v) is 5.48. The zero-order chi connectivity index (χ0) is 9.97. The van der Waals surface area contributed by atoms with Gasteiger partial charge in [0, 0.05) is 6.61 Å². The van der Waals surface area contributed by atoms with E-state index >= 15 is 0 Å². The predicted octanol–water partition coefficient (Wildman–Crippen LogP) is 2.31. The van der Waals surface area contributed by atoms with Crippen molar-refractivity contribution >= 4 is 14.2 Å². The maximum Gasteiger partial charge on any atom is 0.246 e. The van der Waals surface area contributed by atoms with Crippen molar-refractivity contribution in [3.05, 3.63) is 29.3 Å². The molecule has 1 heterocycles. The molecule has 2 heteroatoms. The Labute approximate surface area is 87.8 Å². The van der Waals surface area contributed by atoms with Gasteiger partial charge in [0.1, 0.15) is 0 Å². The first-order valence-electron chi connectivity index (χ1n) is 5.34. The van der Waals surface area contributed by atoms with Gasteiger partial charge in [0.2, 0.25) is 9.04 Å². The average Bonchev–Trinajstić information content (AvgIpc) is 2.23. The predicted molar refractivity (Wildman–Crippen MR) is 61.3 cm³/mol. The van der Waals surface area contributed by atoms with E-state index in [1.807, 2.05) is 0 Å². The van der Waals surface area contributed by atoms with Gasteiger partial charge in [0.05, 0.1) is 0 Å². The van der Waals surface area contributed by atoms with E-state index in [9.17, 15) is 0 Å². The minimum Gasteiger partial charge on any atom is -0.412 e. The topological polar surface area (TPSA) is 9.23 Å². The van der Waals surface area contributed by atoms with Crippen molar-refractivity contribution in [1.29, 1.82) is 0 Å². The van der Waals surface area contributed by atoms with Crippen LogP contribution in [0.3, 0.4) is 0 Å². The highest BCUT2D eigenvalue weighted by Crippen LogP contribution is 2.13. The molecule has 0 amide bonds. The van der Waals surface area contributed by atoms with Crippen molar-refractivity contribution in [2.75, 3.05) is 6.61 Å². The van der Waals surface area contributed by atoms with Crippen LogP contribution in [0, 0.1) is 13.8 Å². The third kappa shape index (κ3) is 1.91. The van der Waals surface area contributed by atoms with Crippen LogP contribution in [0.2, 0.25) is 6.04 Å². The smallest absolute Gasteiger partial charge is 0.246 e. The molecule has 1 aliphatic rings. The summed E-state index contributed by atoms with van der Waals surface area (Å²) >= 11 is 0. The van der Waals surface area contributed by atoms with Crippen LogP contribution in [0.4, 0.5) is 0 Å². The number of benzene rings is 1. The van der Waals surface area contributed by atoms with Crippen LogP contribution in [-0.2, 0) is 4.43 Å². The molecular weight excluding hydrogens is 188 g/mol. The molecule has 1 aromatic carbocycles. The molecule has 0 saturated carbocycles. The van der Waals surface area contributed by atoms with Crippen molar-refractivity contribution in [3.8, 4) is 0 Å². The van der Waals surface area contributed by atoms with Gasteiger partial charge in [0.15, 0.2) is 0 Å². The van der Waals surface area contributed by atoms with E-state index in [0.717, 1.165) is 6.61 Å². The summed E-state index contributed by atoms with van der Waals surface area (Å²) in [6, 6.07) is 7.88. The maximum atomic E-state index is 5.90. The van der Waals surface area contributed by atoms with Crippen molar-refractivity contribution in [3.63, 3.8) is 0 Å². The van der Waals surface area contributed by atoms with Crippen molar-refractivity contribution in [2.24, 2.45) is 0 Å². The van der Waals surface area contributed by atoms with Gasteiger partial charge in [-0.25, -0.2) is 0 Å². The molecule has 0 spiro atoms. The first kappa shape index (κ1) is 9.93. The molecule has 1 aliphatic heterocycles. The van der Waals surface area contributed by atoms with E-state index in [2.05, 4.69) is 32.0 Å². The van der Waals surface area contributed by atoms with E-state index in [1.54, 1.807) is 0 Å². The van der Waals surface area contributed by atoms with Crippen LogP contribution in [0.1, 0.15) is 24.0 Å². The van der Waals surface area contributed by atoms with Crippen LogP contribution in [-0.4, -0.2) is 15.6 Å². The van der Waals surface area contributed by atoms with Crippen LogP contribution in [0.15, 0.2) is 18.2 Å². The van der Waals surface area contributed by atoms with Crippen molar-refractivity contribution in [2.45, 2.75) is 32.7 Å². The van der Waals surface area contributed by atoms with E-state index in [0.29, 0.717) is 0 Å². The normalized spacial score (nSPS) is 18.4. The van der Waals surface area contributed by atoms with Crippen molar-refractivity contribution < 1.29 is 4.43 Å². The lowest BCUT2D eigenvalue weighted by Gasteiger charge is -2.22. The standard InChI is InChI=1S/C12H17OSi/c1-10-6-5-7-12(11(10)2)14-9-4-3-8-13-14/h5-7H,3-4,8-9H2,1-2H3. The summed E-state index contributed by atoms with van der Waals surface area (Å²) < 4.78 is 5.90. The highest BCUT2D eigenvalue weighted by molar-refractivity contribution is 6.68. The maximum absolute atomic E-state index is 5.90. The lowest BCUT2D eigenvalue weighted by molar-refractivity contribution is 0.294. The van der Waals surface area contributed by atoms with Crippen LogP contribution < -0.4 is 5.19 Å². The second-order valence-corrected chi connectivity index (χ2v) is 6.15. The van der Waals surface area contributed by atoms with Gasteiger partial charge in [-0.05, 0) is 42.6 Å². The molecule has 14 heavy (non-hydrogen) atoms. The molecule has 0 N–H and O–H groups in total. The average molecular weight is 205 g/mol. The largest absolute Gasteiger partial charge is 0.412 e. The second-order valence-electron chi connectivity index (χ2n) is 3.98. The first-order chi connectivity index (χ1) is 6.79. The summed E-state index contributed by atoms with van der Waals surface area (Å²) in [6.45, 7) is 5.38. The summed E-state index contributed by atoms with van der Waals surface area (Å²) in [6.07, 6.45) is 2.60. The fourth-order valence-electron chi connectivity index (χ4n) is 1.92. The summed E-state index contributed by atoms with van der Waals surface area (Å²) in [5.74, 6) is 0. The zero-order valence-electron chi connectivity index (χ0n) is 8.97. The SMILES string of the molecule is Cc1cccc([Si]2CCCCO2)c1C. The Morgan fingerprint density at radius 2 is 2.07 bits per heavy atom. The number of rotatable bonds is 1. The van der Waals surface area contributed by atoms with Crippen LogP contribution >= 0.6 is 0 Å². The van der Waals surface area contributed by atoms with Crippen LogP contribution in [0.5, 0.6) is 0 Å². The van der Waals surface area contributed by atoms with E-state index in [1.165, 1.54) is 35.2 Å². The zero-order valence-corrected chi connectivity index (χ0v) is 9.97. The Morgan fingerprint density at radius 1 is 1.21 bits per heavy atom. The fourth-order valence-corrected chi connectivity index (χ4v) is 4.35. The quantitative estimate of drug-likeness (QED) is 0.639. The molecule has 0 bridgehead atoms. The summed E-state index contributed by atoms with van der Waals surface area (Å²) in [7, 11) is -0.678. The fraction of sp³-hybridized carbons (Fsp3) is 0.500. The van der Waals surface area contributed by atoms with Gasteiger partial charge in [0.25, 0.3) is 0 Å². The second kappa shape index (κ2) is 4.28. The molecule has 1 aromatic rings. The Morgan fingerprint density at radius 3 is 2.79 bits per heavy atom. The Bertz CT molecular complexity index is 316. The van der Waals surface area contributed by atoms with Gasteiger partial charge < -0.3 is 4.43 Å². The van der Waals surface area contributed by atoms with Gasteiger partial charge in [-0.15, -0.1) is 0 Å². The van der Waals surface area contributed by atoms with Gasteiger partial charge >= 0.3 is 0 Å². The Balaban J connectivity index is 2.26. The monoisotopic (exact) mass is 205 g/mol. The summed E-state index contributed by atoms with van der Waals surface area (Å²) in [4.78, 5) is 0. The Kier molecular flexibility index (Phi) is 3.04. The molecule has 75 valence electrons. The van der Waals surface area contributed by atoms with Gasteiger partial charge in [-0.2, -0.15) is 0 Å². The molecule has 2 rings (SSSR count). The number of hydrogen-bond donors (Lipinski definition) is 0. The number of hydrogen-bond acceptors (Lipinski definition) is 1. The molecule has 0 aliphatic carbocycles. The molecule has 1 saturated heterocycles. The molecule has 1 nitrogen and oxygen atoms in total. The summed E-state index contributed by atoms with van der Waals surface area (Å²) in [5.41, 5.74) is 2.84. The summed E-state index contributed by atoms with van der Waals surface area (Å²) in [5, 5.41) is 1.50. The highest BCUT2D eigenvalue weighted by atomic mass is 28.3. The minimum atomic E-state index is -0.678. The highest BCUT2D eigenvalue weighted by Gasteiger charge is 2.21. The van der Waals surface area contributed by atoms with E-state index in [4.69, 9.17) is 4.43 Å². The van der Waals surface area contributed by atoms with Gasteiger partial charge in [-0.1, -0.05) is 24.6 Å². The third-order valence-electron chi connectivity index (χ3n) is 2.98. The number of aryl methyl sites for hydroxylation is 1.